The third-order valence-electron chi connectivity index (χ3n) is 5.49. The molecule has 184 valence electrons. The Hall–Kier alpha value is -2.85. The molecule has 10 heteroatoms. The molecule has 1 heterocycles. The summed E-state index contributed by atoms with van der Waals surface area (Å²) >= 11 is 0. The lowest BCUT2D eigenvalue weighted by atomic mass is 10.2. The average Bonchev–Trinajstić information content (AvgIpc) is 2.79. The molecule has 0 saturated heterocycles. The zero-order valence-corrected chi connectivity index (χ0v) is 21.2. The molecule has 2 aromatic carbocycles. The summed E-state index contributed by atoms with van der Waals surface area (Å²) in [6.07, 6.45) is 2.00. The Bertz CT molecular complexity index is 1250. The third-order valence-corrected chi connectivity index (χ3v) is 9.13. The van der Waals surface area contributed by atoms with Crippen molar-refractivity contribution in [2.24, 2.45) is 0 Å². The van der Waals surface area contributed by atoms with Crippen molar-refractivity contribution in [3.05, 3.63) is 71.6 Å². The Morgan fingerprint density at radius 2 is 1.38 bits per heavy atom. The maximum Gasteiger partial charge on any atom is 0.305 e. The molecule has 0 unspecified atom stereocenters. The summed E-state index contributed by atoms with van der Waals surface area (Å²) in [4.78, 5) is 12.0. The smallest absolute Gasteiger partial charge is 0.305 e. The molecule has 2 aromatic rings. The molecule has 0 bridgehead atoms. The Kier molecular flexibility index (Phi) is 8.04. The van der Waals surface area contributed by atoms with E-state index in [0.717, 1.165) is 11.1 Å². The number of carbonyl (C=O) groups excluding carboxylic acids is 1. The number of esters is 1. The summed E-state index contributed by atoms with van der Waals surface area (Å²) < 4.78 is 60.6. The van der Waals surface area contributed by atoms with Gasteiger partial charge in [-0.15, -0.1) is 0 Å². The third kappa shape index (κ3) is 5.79. The van der Waals surface area contributed by atoms with Crippen LogP contribution in [0.1, 0.15) is 37.3 Å². The van der Waals surface area contributed by atoms with E-state index in [1.54, 1.807) is 31.2 Å². The van der Waals surface area contributed by atoms with Crippen LogP contribution in [0.25, 0.3) is 0 Å². The first-order valence-corrected chi connectivity index (χ1v) is 14.0. The van der Waals surface area contributed by atoms with Crippen molar-refractivity contribution in [2.75, 3.05) is 19.7 Å². The van der Waals surface area contributed by atoms with Gasteiger partial charge in [0.05, 0.1) is 29.5 Å². The van der Waals surface area contributed by atoms with Crippen LogP contribution in [-0.4, -0.2) is 51.1 Å². The van der Waals surface area contributed by atoms with Gasteiger partial charge in [-0.1, -0.05) is 35.4 Å². The average molecular weight is 507 g/mol. The number of aryl methyl sites for hydroxylation is 2. The van der Waals surface area contributed by atoms with Crippen LogP contribution in [0.2, 0.25) is 0 Å². The van der Waals surface area contributed by atoms with Gasteiger partial charge < -0.3 is 4.74 Å². The van der Waals surface area contributed by atoms with Crippen LogP contribution in [0.5, 0.6) is 0 Å². The molecular weight excluding hydrogens is 476 g/mol. The van der Waals surface area contributed by atoms with Crippen molar-refractivity contribution in [3.63, 3.8) is 0 Å². The van der Waals surface area contributed by atoms with Gasteiger partial charge in [-0.25, -0.2) is 16.8 Å². The van der Waals surface area contributed by atoms with Crippen LogP contribution in [0.3, 0.4) is 0 Å². The van der Waals surface area contributed by atoms with Crippen LogP contribution in [0.4, 0.5) is 0 Å². The van der Waals surface area contributed by atoms with Crippen LogP contribution in [0.15, 0.2) is 70.2 Å². The number of hydrogen-bond donors (Lipinski definition) is 0. The first-order valence-electron chi connectivity index (χ1n) is 11.1. The zero-order chi connectivity index (χ0) is 24.9. The summed E-state index contributed by atoms with van der Waals surface area (Å²) in [5, 5.41) is 0. The van der Waals surface area contributed by atoms with Gasteiger partial charge in [0.25, 0.3) is 20.0 Å². The van der Waals surface area contributed by atoms with E-state index in [1.165, 1.54) is 39.1 Å². The first-order chi connectivity index (χ1) is 16.1. The van der Waals surface area contributed by atoms with Gasteiger partial charge in [0.15, 0.2) is 0 Å². The van der Waals surface area contributed by atoms with E-state index in [-0.39, 0.29) is 48.3 Å². The molecule has 3 rings (SSSR count). The number of benzene rings is 2. The summed E-state index contributed by atoms with van der Waals surface area (Å²) in [5.74, 6) is -0.379. The maximum atomic E-state index is 13.4. The van der Waals surface area contributed by atoms with E-state index < -0.39 is 20.0 Å². The van der Waals surface area contributed by atoms with Crippen LogP contribution < -0.4 is 0 Å². The van der Waals surface area contributed by atoms with Crippen LogP contribution in [0, 0.1) is 13.8 Å². The predicted octanol–water partition coefficient (Wildman–Crippen LogP) is 3.57. The Labute approximate surface area is 201 Å². The minimum atomic E-state index is -3.90. The lowest BCUT2D eigenvalue weighted by molar-refractivity contribution is -0.143. The van der Waals surface area contributed by atoms with E-state index in [2.05, 4.69) is 0 Å². The normalized spacial score (nSPS) is 14.6. The molecular formula is C24H30N2O6S2. The SMILES string of the molecule is CCOC(=O)CCCC1=CN(S(=O)(=O)c2ccc(C)cc2)CCN1S(=O)(=O)c1ccc(C)cc1. The van der Waals surface area contributed by atoms with E-state index in [9.17, 15) is 21.6 Å². The van der Waals surface area contributed by atoms with Gasteiger partial charge in [-0.2, -0.15) is 0 Å². The van der Waals surface area contributed by atoms with E-state index in [0.29, 0.717) is 12.1 Å². The van der Waals surface area contributed by atoms with E-state index >= 15 is 0 Å². The molecule has 1 aliphatic rings. The van der Waals surface area contributed by atoms with Crippen molar-refractivity contribution >= 4 is 26.0 Å². The van der Waals surface area contributed by atoms with Crippen LogP contribution in [-0.2, 0) is 29.6 Å². The minimum Gasteiger partial charge on any atom is -0.466 e. The lowest BCUT2D eigenvalue weighted by Crippen LogP contribution is -2.43. The van der Waals surface area contributed by atoms with Gasteiger partial charge in [-0.3, -0.25) is 13.4 Å². The maximum absolute atomic E-state index is 13.4. The largest absolute Gasteiger partial charge is 0.466 e. The summed E-state index contributed by atoms with van der Waals surface area (Å²) in [6.45, 7) is 5.65. The van der Waals surface area contributed by atoms with Crippen molar-refractivity contribution < 1.29 is 26.4 Å². The molecule has 34 heavy (non-hydrogen) atoms. The fraction of sp³-hybridized carbons (Fsp3) is 0.375. The minimum absolute atomic E-state index is 0.0251. The highest BCUT2D eigenvalue weighted by Crippen LogP contribution is 2.29. The van der Waals surface area contributed by atoms with E-state index in [1.807, 2.05) is 13.8 Å². The number of sulfonamides is 2. The molecule has 0 atom stereocenters. The molecule has 8 nitrogen and oxygen atoms in total. The van der Waals surface area contributed by atoms with Crippen molar-refractivity contribution in [2.45, 2.75) is 49.8 Å². The highest BCUT2D eigenvalue weighted by atomic mass is 32.2. The second-order valence-corrected chi connectivity index (χ2v) is 11.9. The van der Waals surface area contributed by atoms with Crippen molar-refractivity contribution in [1.82, 2.24) is 8.61 Å². The summed E-state index contributed by atoms with van der Waals surface area (Å²) in [7, 11) is -7.76. The second-order valence-electron chi connectivity index (χ2n) is 8.10. The zero-order valence-electron chi connectivity index (χ0n) is 19.6. The van der Waals surface area contributed by atoms with E-state index in [4.69, 9.17) is 4.74 Å². The Morgan fingerprint density at radius 1 is 0.853 bits per heavy atom. The quantitative estimate of drug-likeness (QED) is 0.482. The molecule has 0 spiro atoms. The molecule has 0 aromatic heterocycles. The molecule has 0 N–H and O–H groups in total. The number of allylic oxidation sites excluding steroid dienone is 1. The number of nitrogens with zero attached hydrogens (tertiary/aromatic N) is 2. The topological polar surface area (TPSA) is 101 Å². The predicted molar refractivity (Wildman–Crippen MR) is 129 cm³/mol. The molecule has 0 amide bonds. The van der Waals surface area contributed by atoms with Gasteiger partial charge in [0.1, 0.15) is 0 Å². The standard InChI is InChI=1S/C24H30N2O6S2/c1-4-32-24(27)7-5-6-21-18-25(33(28,29)22-12-8-19(2)9-13-22)16-17-26(21)34(30,31)23-14-10-20(3)11-15-23/h8-15,18H,4-7,16-17H2,1-3H3. The number of hydrogen-bond acceptors (Lipinski definition) is 6. The van der Waals surface area contributed by atoms with Crippen molar-refractivity contribution in [1.29, 1.82) is 0 Å². The highest BCUT2D eigenvalue weighted by Gasteiger charge is 2.33. The Balaban J connectivity index is 1.94. The molecule has 0 aliphatic carbocycles. The highest BCUT2D eigenvalue weighted by molar-refractivity contribution is 7.89. The van der Waals surface area contributed by atoms with Gasteiger partial charge in [0.2, 0.25) is 0 Å². The first kappa shape index (κ1) is 25.8. The number of carbonyl (C=O) groups is 1. The molecule has 0 fully saturated rings. The van der Waals surface area contributed by atoms with Gasteiger partial charge >= 0.3 is 5.97 Å². The van der Waals surface area contributed by atoms with Crippen LogP contribution >= 0.6 is 0 Å². The molecule has 0 radical (unpaired) electrons. The monoisotopic (exact) mass is 506 g/mol. The van der Waals surface area contributed by atoms with Gasteiger partial charge in [0, 0.05) is 18.3 Å². The summed E-state index contributed by atoms with van der Waals surface area (Å²) in [6, 6.07) is 13.0. The molecule has 1 aliphatic heterocycles. The van der Waals surface area contributed by atoms with Gasteiger partial charge in [-0.05, 0) is 57.9 Å². The fourth-order valence-electron chi connectivity index (χ4n) is 3.61. The lowest BCUT2D eigenvalue weighted by Gasteiger charge is -2.35. The summed E-state index contributed by atoms with van der Waals surface area (Å²) in [5.41, 5.74) is 2.17. The number of rotatable bonds is 9. The number of ether oxygens (including phenoxy) is 1. The Morgan fingerprint density at radius 3 is 1.91 bits per heavy atom. The fourth-order valence-corrected chi connectivity index (χ4v) is 6.45. The molecule has 0 saturated carbocycles. The van der Waals surface area contributed by atoms with Crippen molar-refractivity contribution in [3.8, 4) is 0 Å². The second kappa shape index (κ2) is 10.6.